The van der Waals surface area contributed by atoms with E-state index < -0.39 is 0 Å². The lowest BCUT2D eigenvalue weighted by molar-refractivity contribution is 0.883. The number of nitrogens with one attached hydrogen (secondary N) is 1. The molecule has 1 N–H and O–H groups in total. The Morgan fingerprint density at radius 3 is 2.28 bits per heavy atom. The number of benzene rings is 2. The maximum absolute atomic E-state index is 6.20. The van der Waals surface area contributed by atoms with E-state index in [4.69, 9.17) is 23.2 Å². The molecule has 0 spiro atoms. The Morgan fingerprint density at radius 2 is 1.67 bits per heavy atom. The van der Waals surface area contributed by atoms with Gasteiger partial charge in [-0.1, -0.05) is 47.5 Å². The van der Waals surface area contributed by atoms with Crippen molar-refractivity contribution in [1.29, 1.82) is 0 Å². The molecule has 1 unspecified atom stereocenters. The van der Waals surface area contributed by atoms with Gasteiger partial charge in [-0.05, 0) is 43.2 Å². The Balaban J connectivity index is 2.21. The monoisotopic (exact) mass is 279 g/mol. The molecule has 2 aromatic rings. The molecule has 2 aromatic carbocycles. The fourth-order valence-electron chi connectivity index (χ4n) is 1.87. The normalized spacial score (nSPS) is 12.2. The number of anilines is 1. The predicted octanol–water partition coefficient (Wildman–Crippen LogP) is 5.47. The van der Waals surface area contributed by atoms with E-state index in [2.05, 4.69) is 12.2 Å². The minimum Gasteiger partial charge on any atom is -0.377 e. The van der Waals surface area contributed by atoms with Crippen LogP contribution in [0.4, 0.5) is 5.69 Å². The zero-order chi connectivity index (χ0) is 13.1. The number of halogens is 2. The van der Waals surface area contributed by atoms with Crippen molar-refractivity contribution in [3.05, 3.63) is 63.6 Å². The van der Waals surface area contributed by atoms with Crippen molar-refractivity contribution in [2.75, 3.05) is 5.32 Å². The summed E-state index contributed by atoms with van der Waals surface area (Å²) in [5, 5.41) is 4.94. The Morgan fingerprint density at radius 1 is 1.00 bits per heavy atom. The molecule has 3 heteroatoms. The van der Waals surface area contributed by atoms with E-state index in [1.54, 1.807) is 0 Å². The van der Waals surface area contributed by atoms with Gasteiger partial charge in [0.2, 0.25) is 0 Å². The fraction of sp³-hybridized carbons (Fsp3) is 0.200. The SMILES string of the molecule is Cc1cccc(Cl)c1NC(C)c1ccc(Cl)cc1. The molecule has 0 fully saturated rings. The van der Waals surface area contributed by atoms with Crippen molar-refractivity contribution in [2.45, 2.75) is 19.9 Å². The molecule has 0 aromatic heterocycles. The van der Waals surface area contributed by atoms with Gasteiger partial charge in [-0.2, -0.15) is 0 Å². The summed E-state index contributed by atoms with van der Waals surface area (Å²) in [5.41, 5.74) is 3.31. The average molecular weight is 280 g/mol. The lowest BCUT2D eigenvalue weighted by Gasteiger charge is -2.18. The number of rotatable bonds is 3. The molecule has 2 rings (SSSR count). The van der Waals surface area contributed by atoms with Crippen LogP contribution in [0.5, 0.6) is 0 Å². The quantitative estimate of drug-likeness (QED) is 0.785. The molecule has 18 heavy (non-hydrogen) atoms. The van der Waals surface area contributed by atoms with Crippen molar-refractivity contribution in [3.63, 3.8) is 0 Å². The Hall–Kier alpha value is -1.18. The molecule has 94 valence electrons. The first kappa shape index (κ1) is 13.3. The van der Waals surface area contributed by atoms with Crippen LogP contribution in [0, 0.1) is 6.92 Å². The molecule has 0 aliphatic heterocycles. The summed E-state index contributed by atoms with van der Waals surface area (Å²) in [4.78, 5) is 0. The number of hydrogen-bond donors (Lipinski definition) is 1. The number of aryl methyl sites for hydroxylation is 1. The van der Waals surface area contributed by atoms with E-state index >= 15 is 0 Å². The summed E-state index contributed by atoms with van der Waals surface area (Å²) in [6.45, 7) is 4.15. The van der Waals surface area contributed by atoms with Gasteiger partial charge in [-0.25, -0.2) is 0 Å². The summed E-state index contributed by atoms with van der Waals surface area (Å²) in [6, 6.07) is 13.9. The largest absolute Gasteiger partial charge is 0.377 e. The molecule has 0 aliphatic rings. The van der Waals surface area contributed by atoms with Gasteiger partial charge >= 0.3 is 0 Å². The van der Waals surface area contributed by atoms with Gasteiger partial charge < -0.3 is 5.32 Å². The Bertz CT molecular complexity index is 514. The van der Waals surface area contributed by atoms with Crippen molar-refractivity contribution in [3.8, 4) is 0 Å². The molecule has 1 nitrogen and oxygen atoms in total. The second kappa shape index (κ2) is 5.64. The van der Waals surface area contributed by atoms with Crippen LogP contribution >= 0.6 is 23.2 Å². The molecule has 0 bridgehead atoms. The molecule has 0 saturated heterocycles. The van der Waals surface area contributed by atoms with Crippen LogP contribution in [0.15, 0.2) is 42.5 Å². The molecule has 1 atom stereocenters. The van der Waals surface area contributed by atoms with Gasteiger partial charge in [0.1, 0.15) is 0 Å². The lowest BCUT2D eigenvalue weighted by atomic mass is 10.1. The van der Waals surface area contributed by atoms with E-state index in [1.165, 1.54) is 5.56 Å². The van der Waals surface area contributed by atoms with Gasteiger partial charge in [0.05, 0.1) is 10.7 Å². The Labute approximate surface area is 118 Å². The van der Waals surface area contributed by atoms with Crippen molar-refractivity contribution < 1.29 is 0 Å². The zero-order valence-corrected chi connectivity index (χ0v) is 11.9. The summed E-state index contributed by atoms with van der Waals surface area (Å²) in [6.07, 6.45) is 0. The predicted molar refractivity (Wildman–Crippen MR) is 79.7 cm³/mol. The second-order valence-electron chi connectivity index (χ2n) is 4.35. The zero-order valence-electron chi connectivity index (χ0n) is 10.4. The maximum atomic E-state index is 6.20. The van der Waals surface area contributed by atoms with Crippen molar-refractivity contribution >= 4 is 28.9 Å². The number of hydrogen-bond acceptors (Lipinski definition) is 1. The topological polar surface area (TPSA) is 12.0 Å². The summed E-state index contributed by atoms with van der Waals surface area (Å²) < 4.78 is 0. The molecule has 0 aliphatic carbocycles. The molecule has 0 amide bonds. The highest BCUT2D eigenvalue weighted by Crippen LogP contribution is 2.29. The smallest absolute Gasteiger partial charge is 0.0640 e. The fourth-order valence-corrected chi connectivity index (χ4v) is 2.27. The van der Waals surface area contributed by atoms with E-state index in [0.29, 0.717) is 0 Å². The van der Waals surface area contributed by atoms with Gasteiger partial charge in [-0.3, -0.25) is 0 Å². The minimum atomic E-state index is 0.181. The van der Waals surface area contributed by atoms with Crippen molar-refractivity contribution in [2.24, 2.45) is 0 Å². The summed E-state index contributed by atoms with van der Waals surface area (Å²) in [5.74, 6) is 0. The van der Waals surface area contributed by atoms with Gasteiger partial charge in [0.25, 0.3) is 0 Å². The minimum absolute atomic E-state index is 0.181. The average Bonchev–Trinajstić information content (AvgIpc) is 2.34. The van der Waals surface area contributed by atoms with E-state index in [1.807, 2.05) is 49.4 Å². The van der Waals surface area contributed by atoms with Crippen LogP contribution in [-0.4, -0.2) is 0 Å². The molecule has 0 saturated carbocycles. The standard InChI is InChI=1S/C15H15Cl2N/c1-10-4-3-5-14(17)15(10)18-11(2)12-6-8-13(16)9-7-12/h3-9,11,18H,1-2H3. The Kier molecular flexibility index (Phi) is 4.15. The van der Waals surface area contributed by atoms with Crippen LogP contribution in [0.2, 0.25) is 10.0 Å². The highest BCUT2D eigenvalue weighted by Gasteiger charge is 2.09. The van der Waals surface area contributed by atoms with E-state index in [9.17, 15) is 0 Å². The molecule has 0 radical (unpaired) electrons. The summed E-state index contributed by atoms with van der Waals surface area (Å²) >= 11 is 12.1. The molecule has 0 heterocycles. The maximum Gasteiger partial charge on any atom is 0.0640 e. The van der Waals surface area contributed by atoms with Gasteiger partial charge in [-0.15, -0.1) is 0 Å². The highest BCUT2D eigenvalue weighted by atomic mass is 35.5. The molecular formula is C15H15Cl2N. The summed E-state index contributed by atoms with van der Waals surface area (Å²) in [7, 11) is 0. The van der Waals surface area contributed by atoms with E-state index in [-0.39, 0.29) is 6.04 Å². The second-order valence-corrected chi connectivity index (χ2v) is 5.19. The highest BCUT2D eigenvalue weighted by molar-refractivity contribution is 6.33. The van der Waals surface area contributed by atoms with E-state index in [0.717, 1.165) is 21.3 Å². The van der Waals surface area contributed by atoms with Crippen molar-refractivity contribution in [1.82, 2.24) is 0 Å². The van der Waals surface area contributed by atoms with Crippen LogP contribution in [-0.2, 0) is 0 Å². The first-order valence-corrected chi connectivity index (χ1v) is 6.60. The first-order valence-electron chi connectivity index (χ1n) is 5.85. The van der Waals surface area contributed by atoms with Crippen LogP contribution in [0.1, 0.15) is 24.1 Å². The third kappa shape index (κ3) is 2.98. The third-order valence-corrected chi connectivity index (χ3v) is 3.52. The van der Waals surface area contributed by atoms with Gasteiger partial charge in [0, 0.05) is 11.1 Å². The lowest BCUT2D eigenvalue weighted by Crippen LogP contribution is -2.08. The van der Waals surface area contributed by atoms with Crippen LogP contribution < -0.4 is 5.32 Å². The van der Waals surface area contributed by atoms with Gasteiger partial charge in [0.15, 0.2) is 0 Å². The van der Waals surface area contributed by atoms with Crippen LogP contribution in [0.25, 0.3) is 0 Å². The first-order chi connectivity index (χ1) is 8.58. The van der Waals surface area contributed by atoms with Crippen LogP contribution in [0.3, 0.4) is 0 Å². The molecular weight excluding hydrogens is 265 g/mol. The third-order valence-electron chi connectivity index (χ3n) is 2.95. The number of para-hydroxylation sites is 1.